The fraction of sp³-hybridized carbons (Fsp3) is 0. The lowest BCUT2D eigenvalue weighted by Gasteiger charge is -1.92. The van der Waals surface area contributed by atoms with Gasteiger partial charge in [0.2, 0.25) is 0 Å². The number of fused-ring (bicyclic) bond motifs is 1. The molecule has 0 N–H and O–H groups in total. The van der Waals surface area contributed by atoms with E-state index in [0.717, 1.165) is 0 Å². The van der Waals surface area contributed by atoms with Crippen LogP contribution >= 0.6 is 0 Å². The Bertz CT molecular complexity index is 1040. The number of nitrogens with zero attached hydrogens (tertiary/aromatic N) is 6. The molecule has 0 radical (unpaired) electrons. The Kier molecular flexibility index (Phi) is 18.2. The summed E-state index contributed by atoms with van der Waals surface area (Å²) >= 11 is 0. The largest absolute Gasteiger partial charge is 0.265 e. The maximum Gasteiger partial charge on any atom is 0.115 e. The van der Waals surface area contributed by atoms with Crippen molar-refractivity contribution in [1.82, 2.24) is 29.9 Å². The average molecular weight is 525 g/mol. The van der Waals surface area contributed by atoms with Crippen LogP contribution in [0.25, 0.3) is 10.8 Å². The first-order chi connectivity index (χ1) is 20.0. The van der Waals surface area contributed by atoms with E-state index in [2.05, 4.69) is 78.4 Å². The Morgan fingerprint density at radius 3 is 0.675 bits per heavy atom. The van der Waals surface area contributed by atoms with Crippen LogP contribution in [0.2, 0.25) is 0 Å². The zero-order chi connectivity index (χ0) is 28.0. The maximum atomic E-state index is 3.78. The highest BCUT2D eigenvalue weighted by Gasteiger charge is 1.85. The lowest BCUT2D eigenvalue weighted by molar-refractivity contribution is 1.17. The highest BCUT2D eigenvalue weighted by Crippen LogP contribution is 2.11. The molecule has 0 aliphatic heterocycles. The van der Waals surface area contributed by atoms with Gasteiger partial charge in [0.1, 0.15) is 6.33 Å². The van der Waals surface area contributed by atoms with Crippen molar-refractivity contribution in [1.29, 1.82) is 0 Å². The van der Waals surface area contributed by atoms with Gasteiger partial charge in [-0.2, -0.15) is 0 Å². The molecule has 40 heavy (non-hydrogen) atoms. The SMILES string of the molecule is c1ccc2ccccc2c1.c1ccccc1.c1ccncc1.c1ccncc1.c1cnccn1.c1cncnc1. The molecule has 6 heteroatoms. The predicted octanol–water partition coefficient (Wildman–Crippen LogP) is 7.64. The molecule has 0 aliphatic carbocycles. The predicted molar refractivity (Wildman–Crippen MR) is 163 cm³/mol. The second-order valence-electron chi connectivity index (χ2n) is 7.35. The van der Waals surface area contributed by atoms with Crippen molar-refractivity contribution in [2.24, 2.45) is 0 Å². The molecule has 4 aromatic heterocycles. The molecule has 0 fully saturated rings. The molecule has 3 aromatic carbocycles. The zero-order valence-corrected chi connectivity index (χ0v) is 22.2. The van der Waals surface area contributed by atoms with Crippen molar-refractivity contribution in [2.75, 3.05) is 0 Å². The van der Waals surface area contributed by atoms with Gasteiger partial charge in [-0.1, -0.05) is 97.1 Å². The lowest BCUT2D eigenvalue weighted by Crippen LogP contribution is -1.67. The van der Waals surface area contributed by atoms with E-state index in [1.165, 1.54) is 17.1 Å². The first kappa shape index (κ1) is 30.6. The summed E-state index contributed by atoms with van der Waals surface area (Å²) in [5.41, 5.74) is 0. The molecule has 6 nitrogen and oxygen atoms in total. The second-order valence-corrected chi connectivity index (χ2v) is 7.35. The van der Waals surface area contributed by atoms with Crippen LogP contribution in [0.15, 0.2) is 196 Å². The summed E-state index contributed by atoms with van der Waals surface area (Å²) in [5.74, 6) is 0. The fourth-order valence-electron chi connectivity index (χ4n) is 2.65. The highest BCUT2D eigenvalue weighted by molar-refractivity contribution is 5.82. The molecule has 0 amide bonds. The first-order valence-corrected chi connectivity index (χ1v) is 12.5. The van der Waals surface area contributed by atoms with E-state index in [9.17, 15) is 0 Å². The van der Waals surface area contributed by atoms with Gasteiger partial charge >= 0.3 is 0 Å². The molecular weight excluding hydrogens is 492 g/mol. The van der Waals surface area contributed by atoms with Gasteiger partial charge in [0.05, 0.1) is 0 Å². The third kappa shape index (κ3) is 17.8. The number of aromatic nitrogens is 6. The van der Waals surface area contributed by atoms with Crippen LogP contribution < -0.4 is 0 Å². The molecule has 0 atom stereocenters. The van der Waals surface area contributed by atoms with Crippen LogP contribution in [0, 0.1) is 0 Å². The minimum Gasteiger partial charge on any atom is -0.265 e. The van der Waals surface area contributed by atoms with E-state index in [1.54, 1.807) is 68.0 Å². The zero-order valence-electron chi connectivity index (χ0n) is 22.2. The van der Waals surface area contributed by atoms with Crippen LogP contribution in [0.4, 0.5) is 0 Å². The molecule has 0 bridgehead atoms. The minimum absolute atomic E-state index is 1.31. The minimum atomic E-state index is 1.31. The summed E-state index contributed by atoms with van der Waals surface area (Å²) in [6.45, 7) is 0. The summed E-state index contributed by atoms with van der Waals surface area (Å²) in [6, 6.07) is 41.9. The number of hydrogen-bond acceptors (Lipinski definition) is 6. The number of hydrogen-bond donors (Lipinski definition) is 0. The van der Waals surface area contributed by atoms with Crippen molar-refractivity contribution in [3.63, 3.8) is 0 Å². The number of benzene rings is 3. The Labute approximate surface area is 236 Å². The Morgan fingerprint density at radius 1 is 0.225 bits per heavy atom. The highest BCUT2D eigenvalue weighted by atomic mass is 14.8. The van der Waals surface area contributed by atoms with E-state index < -0.39 is 0 Å². The number of rotatable bonds is 0. The molecule has 198 valence electrons. The summed E-state index contributed by atoms with van der Waals surface area (Å²) in [4.78, 5) is 22.4. The van der Waals surface area contributed by atoms with Gasteiger partial charge in [0, 0.05) is 62.0 Å². The lowest BCUT2D eigenvalue weighted by atomic mass is 10.1. The van der Waals surface area contributed by atoms with Crippen LogP contribution in [-0.2, 0) is 0 Å². The van der Waals surface area contributed by atoms with Crippen molar-refractivity contribution in [3.05, 3.63) is 196 Å². The van der Waals surface area contributed by atoms with E-state index in [1.807, 2.05) is 72.8 Å². The van der Waals surface area contributed by atoms with E-state index in [0.29, 0.717) is 0 Å². The van der Waals surface area contributed by atoms with E-state index in [-0.39, 0.29) is 0 Å². The third-order valence-corrected chi connectivity index (χ3v) is 4.41. The topological polar surface area (TPSA) is 77.3 Å². The van der Waals surface area contributed by atoms with Gasteiger partial charge < -0.3 is 0 Å². The quantitative estimate of drug-likeness (QED) is 0.203. The van der Waals surface area contributed by atoms with Crippen molar-refractivity contribution >= 4 is 10.8 Å². The number of pyridine rings is 2. The van der Waals surface area contributed by atoms with Crippen molar-refractivity contribution in [3.8, 4) is 0 Å². The normalized spacial score (nSPS) is 8.50. The fourth-order valence-corrected chi connectivity index (χ4v) is 2.65. The van der Waals surface area contributed by atoms with Gasteiger partial charge in [-0.05, 0) is 41.1 Å². The van der Waals surface area contributed by atoms with Crippen molar-refractivity contribution in [2.45, 2.75) is 0 Å². The Hall–Kier alpha value is -5.62. The maximum absolute atomic E-state index is 3.78. The molecule has 7 aromatic rings. The van der Waals surface area contributed by atoms with Crippen LogP contribution in [0.1, 0.15) is 0 Å². The van der Waals surface area contributed by atoms with Gasteiger partial charge in [-0.15, -0.1) is 0 Å². The van der Waals surface area contributed by atoms with Crippen molar-refractivity contribution < 1.29 is 0 Å². The average Bonchev–Trinajstić information content (AvgIpc) is 3.10. The summed E-state index contributed by atoms with van der Waals surface area (Å²) < 4.78 is 0. The molecule has 0 spiro atoms. The molecule has 0 unspecified atom stereocenters. The second kappa shape index (κ2) is 23.8. The smallest absolute Gasteiger partial charge is 0.115 e. The molecule has 0 saturated heterocycles. The summed E-state index contributed by atoms with van der Waals surface area (Å²) in [7, 11) is 0. The standard InChI is InChI=1S/C10H8.C6H6.2C5H5N.2C4H4N2/c1-2-6-10-8-4-3-7-9(10)5-1;3*1-2-4-6-5-3-1;1-2-6-4-3-5-1;1-2-5-4-6-3-1/h1-8H;1-6H;2*1-5H;2*1-4H. The van der Waals surface area contributed by atoms with Gasteiger partial charge in [0.25, 0.3) is 0 Å². The molecular formula is C34H32N6. The van der Waals surface area contributed by atoms with Gasteiger partial charge in [-0.3, -0.25) is 19.9 Å². The Balaban J connectivity index is 0.000000171. The summed E-state index contributed by atoms with van der Waals surface area (Å²) in [6.07, 6.45) is 18.4. The third-order valence-electron chi connectivity index (χ3n) is 4.41. The molecule has 4 heterocycles. The Morgan fingerprint density at radius 2 is 0.500 bits per heavy atom. The van der Waals surface area contributed by atoms with E-state index >= 15 is 0 Å². The van der Waals surface area contributed by atoms with Gasteiger partial charge in [-0.25, -0.2) is 9.97 Å². The van der Waals surface area contributed by atoms with Crippen LogP contribution in [0.3, 0.4) is 0 Å². The molecule has 0 aliphatic rings. The van der Waals surface area contributed by atoms with Crippen LogP contribution in [0.5, 0.6) is 0 Å². The first-order valence-electron chi connectivity index (χ1n) is 12.5. The van der Waals surface area contributed by atoms with E-state index in [4.69, 9.17) is 0 Å². The summed E-state index contributed by atoms with van der Waals surface area (Å²) in [5, 5.41) is 2.62. The molecule has 0 saturated carbocycles. The molecule has 7 rings (SSSR count). The monoisotopic (exact) mass is 524 g/mol. The van der Waals surface area contributed by atoms with Crippen LogP contribution in [-0.4, -0.2) is 29.9 Å². The van der Waals surface area contributed by atoms with Gasteiger partial charge in [0.15, 0.2) is 0 Å².